The van der Waals surface area contributed by atoms with Crippen LogP contribution in [0.1, 0.15) is 34.0 Å². The fourth-order valence-electron chi connectivity index (χ4n) is 8.16. The van der Waals surface area contributed by atoms with Gasteiger partial charge in [0.25, 0.3) is 0 Å². The molecule has 1 atom stereocenters. The standard InChI is InChI=1S/C44H30N2O/c1-2-12-32(13-3-1)46-40-20-10-9-19-39(40)45-43(46)30-24-22-29(23-25-30)31-26-27-42-38(28-31)44(37-18-8-11-21-41(37)47-42)35-16-6-4-14-33(35)34-15-5-7-17-36(34)44/h1-28,43,45H. The number of hydrogen-bond acceptors (Lipinski definition) is 3. The van der Waals surface area contributed by atoms with Gasteiger partial charge in [-0.25, -0.2) is 0 Å². The van der Waals surface area contributed by atoms with Crippen molar-refractivity contribution in [2.45, 2.75) is 11.6 Å². The fraction of sp³-hybridized carbons (Fsp3) is 0.0455. The Morgan fingerprint density at radius 3 is 1.85 bits per heavy atom. The predicted octanol–water partition coefficient (Wildman–Crippen LogP) is 11.1. The van der Waals surface area contributed by atoms with Gasteiger partial charge in [0.05, 0.1) is 16.8 Å². The molecule has 3 nitrogen and oxygen atoms in total. The van der Waals surface area contributed by atoms with Gasteiger partial charge in [0.2, 0.25) is 0 Å². The minimum absolute atomic E-state index is 0.00736. The summed E-state index contributed by atoms with van der Waals surface area (Å²) >= 11 is 0. The third kappa shape index (κ3) is 3.68. The molecule has 0 fully saturated rings. The van der Waals surface area contributed by atoms with E-state index in [2.05, 4.69) is 180 Å². The smallest absolute Gasteiger partial charge is 0.132 e. The van der Waals surface area contributed by atoms with Crippen LogP contribution < -0.4 is 15.0 Å². The van der Waals surface area contributed by atoms with E-state index in [1.54, 1.807) is 0 Å². The van der Waals surface area contributed by atoms with Gasteiger partial charge in [0, 0.05) is 16.8 Å². The summed E-state index contributed by atoms with van der Waals surface area (Å²) in [4.78, 5) is 2.39. The van der Waals surface area contributed by atoms with Crippen molar-refractivity contribution in [1.29, 1.82) is 0 Å². The lowest BCUT2D eigenvalue weighted by molar-refractivity contribution is 0.436. The van der Waals surface area contributed by atoms with Gasteiger partial charge in [-0.2, -0.15) is 0 Å². The molecule has 7 aromatic carbocycles. The molecular weight excluding hydrogens is 572 g/mol. The van der Waals surface area contributed by atoms with Crippen LogP contribution in [0.3, 0.4) is 0 Å². The minimum Gasteiger partial charge on any atom is -0.457 e. The molecule has 0 amide bonds. The molecule has 1 N–H and O–H groups in total. The molecule has 1 aliphatic carbocycles. The number of para-hydroxylation sites is 4. The van der Waals surface area contributed by atoms with E-state index in [0.717, 1.165) is 22.9 Å². The van der Waals surface area contributed by atoms with Gasteiger partial charge in [-0.05, 0) is 81.4 Å². The van der Waals surface area contributed by atoms with Crippen LogP contribution in [0.25, 0.3) is 22.3 Å². The molecule has 2 heterocycles. The van der Waals surface area contributed by atoms with Gasteiger partial charge in [0.1, 0.15) is 17.7 Å². The van der Waals surface area contributed by atoms with Crippen molar-refractivity contribution in [1.82, 2.24) is 0 Å². The van der Waals surface area contributed by atoms with Crippen LogP contribution in [0.5, 0.6) is 11.5 Å². The Kier molecular flexibility index (Phi) is 5.55. The maximum absolute atomic E-state index is 6.64. The number of rotatable bonds is 3. The maximum Gasteiger partial charge on any atom is 0.132 e. The quantitative estimate of drug-likeness (QED) is 0.218. The van der Waals surface area contributed by atoms with Crippen molar-refractivity contribution >= 4 is 17.1 Å². The molecule has 0 saturated heterocycles. The lowest BCUT2D eigenvalue weighted by atomic mass is 9.66. The highest BCUT2D eigenvalue weighted by atomic mass is 16.5. The van der Waals surface area contributed by atoms with E-state index in [4.69, 9.17) is 4.74 Å². The van der Waals surface area contributed by atoms with Gasteiger partial charge in [-0.3, -0.25) is 0 Å². The summed E-state index contributed by atoms with van der Waals surface area (Å²) in [5.74, 6) is 1.82. The molecule has 0 radical (unpaired) electrons. The molecule has 0 saturated carbocycles. The van der Waals surface area contributed by atoms with Crippen LogP contribution in [0.2, 0.25) is 0 Å². The minimum atomic E-state index is -0.469. The molecule has 2 aliphatic heterocycles. The van der Waals surface area contributed by atoms with E-state index >= 15 is 0 Å². The number of nitrogens with zero attached hydrogens (tertiary/aromatic N) is 1. The lowest BCUT2D eigenvalue weighted by Crippen LogP contribution is -2.32. The van der Waals surface area contributed by atoms with E-state index in [-0.39, 0.29) is 6.17 Å². The van der Waals surface area contributed by atoms with Gasteiger partial charge in [-0.1, -0.05) is 127 Å². The van der Waals surface area contributed by atoms with Crippen molar-refractivity contribution < 1.29 is 4.74 Å². The Morgan fingerprint density at radius 1 is 0.489 bits per heavy atom. The van der Waals surface area contributed by atoms with Crippen LogP contribution in [0.4, 0.5) is 17.1 Å². The third-order valence-electron chi connectivity index (χ3n) is 10.2. The molecule has 47 heavy (non-hydrogen) atoms. The summed E-state index contributed by atoms with van der Waals surface area (Å²) in [5, 5.41) is 3.77. The van der Waals surface area contributed by atoms with Gasteiger partial charge < -0.3 is 15.0 Å². The third-order valence-corrected chi connectivity index (χ3v) is 10.2. The van der Waals surface area contributed by atoms with E-state index in [1.807, 2.05) is 0 Å². The van der Waals surface area contributed by atoms with Crippen molar-refractivity contribution in [3.05, 3.63) is 198 Å². The highest BCUT2D eigenvalue weighted by molar-refractivity contribution is 5.89. The zero-order valence-corrected chi connectivity index (χ0v) is 25.6. The number of nitrogens with one attached hydrogen (secondary N) is 1. The molecule has 0 bridgehead atoms. The van der Waals surface area contributed by atoms with E-state index in [1.165, 1.54) is 55.8 Å². The van der Waals surface area contributed by atoms with Crippen LogP contribution in [0.15, 0.2) is 170 Å². The second-order valence-corrected chi connectivity index (χ2v) is 12.5. The summed E-state index contributed by atoms with van der Waals surface area (Å²) in [5.41, 5.74) is 14.1. The van der Waals surface area contributed by atoms with Gasteiger partial charge >= 0.3 is 0 Å². The topological polar surface area (TPSA) is 24.5 Å². The SMILES string of the molecule is c1ccc(N2c3ccccc3NC2c2ccc(-c3ccc4c(c3)C3(c5ccccc5O4)c4ccccc4-c4ccccc43)cc2)cc1. The monoisotopic (exact) mass is 602 g/mol. The largest absolute Gasteiger partial charge is 0.457 e. The molecule has 7 aromatic rings. The van der Waals surface area contributed by atoms with Crippen LogP contribution in [-0.2, 0) is 5.41 Å². The molecule has 0 aromatic heterocycles. The van der Waals surface area contributed by atoms with E-state index < -0.39 is 5.41 Å². The first kappa shape index (κ1) is 26.2. The van der Waals surface area contributed by atoms with Crippen molar-refractivity contribution in [2.24, 2.45) is 0 Å². The first-order chi connectivity index (χ1) is 23.3. The summed E-state index contributed by atoms with van der Waals surface area (Å²) in [6, 6.07) is 61.2. The fourth-order valence-corrected chi connectivity index (χ4v) is 8.16. The van der Waals surface area contributed by atoms with Crippen LogP contribution in [0, 0.1) is 0 Å². The predicted molar refractivity (Wildman–Crippen MR) is 191 cm³/mol. The number of fused-ring (bicyclic) bond motifs is 10. The lowest BCUT2D eigenvalue weighted by Gasteiger charge is -2.39. The molecule has 1 spiro atoms. The van der Waals surface area contributed by atoms with Crippen molar-refractivity contribution in [3.8, 4) is 33.8 Å². The number of benzene rings is 7. The summed E-state index contributed by atoms with van der Waals surface area (Å²) in [7, 11) is 0. The molecule has 3 heteroatoms. The van der Waals surface area contributed by atoms with E-state index in [0.29, 0.717) is 0 Å². The van der Waals surface area contributed by atoms with Crippen LogP contribution in [-0.4, -0.2) is 0 Å². The highest BCUT2D eigenvalue weighted by Crippen LogP contribution is 2.62. The summed E-state index contributed by atoms with van der Waals surface area (Å²) in [6.07, 6.45) is -0.00736. The Hall–Kier alpha value is -6.06. The molecular formula is C44H30N2O. The Labute approximate surface area is 274 Å². The van der Waals surface area contributed by atoms with Gasteiger partial charge in [-0.15, -0.1) is 0 Å². The summed E-state index contributed by atoms with van der Waals surface area (Å²) in [6.45, 7) is 0. The first-order valence-electron chi connectivity index (χ1n) is 16.2. The van der Waals surface area contributed by atoms with Crippen molar-refractivity contribution in [3.63, 3.8) is 0 Å². The second-order valence-electron chi connectivity index (χ2n) is 12.5. The number of anilines is 3. The van der Waals surface area contributed by atoms with Crippen LogP contribution >= 0.6 is 0 Å². The average molecular weight is 603 g/mol. The Balaban J connectivity index is 1.10. The zero-order valence-electron chi connectivity index (χ0n) is 25.6. The second kappa shape index (κ2) is 9.97. The summed E-state index contributed by atoms with van der Waals surface area (Å²) < 4.78 is 6.64. The molecule has 3 aliphatic rings. The van der Waals surface area contributed by atoms with E-state index in [9.17, 15) is 0 Å². The molecule has 222 valence electrons. The number of hydrogen-bond donors (Lipinski definition) is 1. The Morgan fingerprint density at radius 2 is 1.09 bits per heavy atom. The van der Waals surface area contributed by atoms with Gasteiger partial charge in [0.15, 0.2) is 0 Å². The normalized spacial score (nSPS) is 15.9. The van der Waals surface area contributed by atoms with Crippen molar-refractivity contribution in [2.75, 3.05) is 10.2 Å². The number of ether oxygens (including phenoxy) is 1. The first-order valence-corrected chi connectivity index (χ1v) is 16.2. The molecule has 10 rings (SSSR count). The highest BCUT2D eigenvalue weighted by Gasteiger charge is 2.51. The zero-order chi connectivity index (χ0) is 31.0. The average Bonchev–Trinajstić information content (AvgIpc) is 3.67. The Bertz CT molecular complexity index is 2280. The molecule has 1 unspecified atom stereocenters. The maximum atomic E-state index is 6.64.